The number of nitrogens with zero attached hydrogens (tertiary/aromatic N) is 3. The largest absolute Gasteiger partial charge is 0.250 e. The van der Waals surface area contributed by atoms with Crippen molar-refractivity contribution in [2.45, 2.75) is 26.7 Å². The number of rotatable bonds is 3. The van der Waals surface area contributed by atoms with Gasteiger partial charge in [0.25, 0.3) is 0 Å². The molecule has 2 heterocycles. The predicted molar refractivity (Wildman–Crippen MR) is 64.0 cm³/mol. The fourth-order valence-corrected chi connectivity index (χ4v) is 1.58. The zero-order valence-electron chi connectivity index (χ0n) is 9.64. The molecule has 82 valence electrons. The molecular weight excluding hydrogens is 198 g/mol. The van der Waals surface area contributed by atoms with Crippen LogP contribution < -0.4 is 0 Å². The first-order valence-corrected chi connectivity index (χ1v) is 5.55. The minimum absolute atomic E-state index is 0.717. The number of hydrogen-bond donors (Lipinski definition) is 0. The number of pyridine rings is 1. The summed E-state index contributed by atoms with van der Waals surface area (Å²) < 4.78 is 0. The molecule has 0 unspecified atom stereocenters. The van der Waals surface area contributed by atoms with E-state index in [-0.39, 0.29) is 0 Å². The molecule has 0 atom stereocenters. The zero-order valence-corrected chi connectivity index (χ0v) is 9.64. The molecule has 3 nitrogen and oxygen atoms in total. The van der Waals surface area contributed by atoms with E-state index in [1.165, 1.54) is 0 Å². The normalized spacial score (nSPS) is 10.4. The summed E-state index contributed by atoms with van der Waals surface area (Å²) in [5, 5.41) is 0. The van der Waals surface area contributed by atoms with Gasteiger partial charge in [0.15, 0.2) is 5.82 Å². The first kappa shape index (κ1) is 10.7. The van der Waals surface area contributed by atoms with Gasteiger partial charge in [-0.2, -0.15) is 0 Å². The summed E-state index contributed by atoms with van der Waals surface area (Å²) in [4.78, 5) is 13.2. The van der Waals surface area contributed by atoms with Gasteiger partial charge in [-0.1, -0.05) is 19.4 Å². The zero-order chi connectivity index (χ0) is 11.4. The lowest BCUT2D eigenvalue weighted by Gasteiger charge is -2.02. The van der Waals surface area contributed by atoms with E-state index in [2.05, 4.69) is 21.9 Å². The second kappa shape index (κ2) is 4.84. The SMILES string of the molecule is CCCc1ccnc(-c2cccc(C)n2)n1. The van der Waals surface area contributed by atoms with Crippen molar-refractivity contribution in [1.29, 1.82) is 0 Å². The van der Waals surface area contributed by atoms with Crippen LogP contribution in [0.2, 0.25) is 0 Å². The molecule has 0 aromatic carbocycles. The van der Waals surface area contributed by atoms with Crippen LogP contribution in [0, 0.1) is 6.92 Å². The van der Waals surface area contributed by atoms with E-state index in [9.17, 15) is 0 Å². The second-order valence-corrected chi connectivity index (χ2v) is 3.79. The molecule has 3 heteroatoms. The molecule has 0 saturated heterocycles. The third-order valence-corrected chi connectivity index (χ3v) is 2.34. The lowest BCUT2D eigenvalue weighted by Crippen LogP contribution is -1.96. The van der Waals surface area contributed by atoms with Crippen molar-refractivity contribution in [3.05, 3.63) is 41.9 Å². The summed E-state index contributed by atoms with van der Waals surface area (Å²) in [6, 6.07) is 7.85. The highest BCUT2D eigenvalue weighted by Gasteiger charge is 2.03. The third-order valence-electron chi connectivity index (χ3n) is 2.34. The molecule has 0 fully saturated rings. The topological polar surface area (TPSA) is 38.7 Å². The van der Waals surface area contributed by atoms with Gasteiger partial charge < -0.3 is 0 Å². The Bertz CT molecular complexity index is 480. The number of aromatic nitrogens is 3. The summed E-state index contributed by atoms with van der Waals surface area (Å²) >= 11 is 0. The van der Waals surface area contributed by atoms with Crippen molar-refractivity contribution in [3.63, 3.8) is 0 Å². The van der Waals surface area contributed by atoms with E-state index in [1.54, 1.807) is 6.20 Å². The van der Waals surface area contributed by atoms with Gasteiger partial charge in [0, 0.05) is 17.6 Å². The van der Waals surface area contributed by atoms with Gasteiger partial charge in [0.2, 0.25) is 0 Å². The maximum atomic E-state index is 4.50. The molecule has 0 aliphatic carbocycles. The van der Waals surface area contributed by atoms with Crippen molar-refractivity contribution < 1.29 is 0 Å². The molecule has 0 aliphatic rings. The third kappa shape index (κ3) is 2.42. The van der Waals surface area contributed by atoms with Crippen molar-refractivity contribution in [1.82, 2.24) is 15.0 Å². The highest BCUT2D eigenvalue weighted by molar-refractivity contribution is 5.48. The Balaban J connectivity index is 2.36. The van der Waals surface area contributed by atoms with Crippen LogP contribution in [0.4, 0.5) is 0 Å². The summed E-state index contributed by atoms with van der Waals surface area (Å²) in [6.07, 6.45) is 3.89. The fourth-order valence-electron chi connectivity index (χ4n) is 1.58. The van der Waals surface area contributed by atoms with E-state index in [0.29, 0.717) is 0 Å². The highest BCUT2D eigenvalue weighted by atomic mass is 14.9. The van der Waals surface area contributed by atoms with Gasteiger partial charge in [0.1, 0.15) is 5.69 Å². The molecule has 0 spiro atoms. The van der Waals surface area contributed by atoms with Gasteiger partial charge in [-0.15, -0.1) is 0 Å². The maximum Gasteiger partial charge on any atom is 0.178 e. The van der Waals surface area contributed by atoms with Gasteiger partial charge in [-0.05, 0) is 31.5 Å². The van der Waals surface area contributed by atoms with Crippen LogP contribution in [0.15, 0.2) is 30.5 Å². The summed E-state index contributed by atoms with van der Waals surface area (Å²) in [5.74, 6) is 0.717. The lowest BCUT2D eigenvalue weighted by atomic mass is 10.2. The summed E-state index contributed by atoms with van der Waals surface area (Å²) in [7, 11) is 0. The highest BCUT2D eigenvalue weighted by Crippen LogP contribution is 2.12. The van der Waals surface area contributed by atoms with Crippen molar-refractivity contribution in [2.24, 2.45) is 0 Å². The Morgan fingerprint density at radius 3 is 2.75 bits per heavy atom. The first-order valence-electron chi connectivity index (χ1n) is 5.55. The van der Waals surface area contributed by atoms with Gasteiger partial charge in [0.05, 0.1) is 0 Å². The smallest absolute Gasteiger partial charge is 0.178 e. The molecule has 2 rings (SSSR count). The molecule has 0 N–H and O–H groups in total. The van der Waals surface area contributed by atoms with Gasteiger partial charge >= 0.3 is 0 Å². The van der Waals surface area contributed by atoms with Crippen molar-refractivity contribution in [3.8, 4) is 11.5 Å². The molecule has 0 amide bonds. The number of aryl methyl sites for hydroxylation is 2. The minimum Gasteiger partial charge on any atom is -0.250 e. The Morgan fingerprint density at radius 1 is 1.12 bits per heavy atom. The molecule has 0 radical (unpaired) electrons. The predicted octanol–water partition coefficient (Wildman–Crippen LogP) is 2.80. The Labute approximate surface area is 95.6 Å². The molecule has 2 aromatic rings. The van der Waals surface area contributed by atoms with Gasteiger partial charge in [-0.3, -0.25) is 0 Å². The molecule has 0 saturated carbocycles. The molecule has 16 heavy (non-hydrogen) atoms. The standard InChI is InChI=1S/C13H15N3/c1-3-5-11-8-9-14-13(16-11)12-7-4-6-10(2)15-12/h4,6-9H,3,5H2,1-2H3. The van der Waals surface area contributed by atoms with E-state index >= 15 is 0 Å². The van der Waals surface area contributed by atoms with Gasteiger partial charge in [-0.25, -0.2) is 15.0 Å². The van der Waals surface area contributed by atoms with Crippen LogP contribution in [0.25, 0.3) is 11.5 Å². The first-order chi connectivity index (χ1) is 7.79. The average Bonchev–Trinajstić information content (AvgIpc) is 2.30. The number of hydrogen-bond acceptors (Lipinski definition) is 3. The Kier molecular flexibility index (Phi) is 3.25. The lowest BCUT2D eigenvalue weighted by molar-refractivity contribution is 0.873. The maximum absolute atomic E-state index is 4.50. The van der Waals surface area contributed by atoms with E-state index in [0.717, 1.165) is 35.7 Å². The van der Waals surface area contributed by atoms with E-state index in [1.807, 2.05) is 31.2 Å². The van der Waals surface area contributed by atoms with Crippen LogP contribution in [0.5, 0.6) is 0 Å². The molecular formula is C13H15N3. The second-order valence-electron chi connectivity index (χ2n) is 3.79. The monoisotopic (exact) mass is 213 g/mol. The average molecular weight is 213 g/mol. The quantitative estimate of drug-likeness (QED) is 0.787. The molecule has 0 aliphatic heterocycles. The Morgan fingerprint density at radius 2 is 2.00 bits per heavy atom. The summed E-state index contributed by atoms with van der Waals surface area (Å²) in [6.45, 7) is 4.12. The van der Waals surface area contributed by atoms with Crippen LogP contribution in [0.3, 0.4) is 0 Å². The fraction of sp³-hybridized carbons (Fsp3) is 0.308. The van der Waals surface area contributed by atoms with Crippen molar-refractivity contribution >= 4 is 0 Å². The van der Waals surface area contributed by atoms with E-state index < -0.39 is 0 Å². The van der Waals surface area contributed by atoms with Crippen LogP contribution in [0.1, 0.15) is 24.7 Å². The Hall–Kier alpha value is -1.77. The summed E-state index contributed by atoms with van der Waals surface area (Å²) in [5.41, 5.74) is 2.91. The van der Waals surface area contributed by atoms with Crippen molar-refractivity contribution in [2.75, 3.05) is 0 Å². The van der Waals surface area contributed by atoms with Crippen LogP contribution in [-0.2, 0) is 6.42 Å². The van der Waals surface area contributed by atoms with E-state index in [4.69, 9.17) is 0 Å². The van der Waals surface area contributed by atoms with Crippen LogP contribution in [-0.4, -0.2) is 15.0 Å². The van der Waals surface area contributed by atoms with Crippen LogP contribution >= 0.6 is 0 Å². The minimum atomic E-state index is 0.717. The molecule has 2 aromatic heterocycles. The molecule has 0 bridgehead atoms.